The van der Waals surface area contributed by atoms with Crippen molar-refractivity contribution in [3.63, 3.8) is 0 Å². The standard InChI is InChI=1S/C27H17BrClN3O6/c28-15-6-8-16(9-7-15)30-26(33)23-24(31(38-25(23)27(30)34)17-4-2-1-3-5-17)22-13-12-21(37-22)19-11-10-18(32(35)36)14-20(19)29/h1-14,23-25H/t23-,24-,25-/m1/s1. The molecule has 38 heavy (non-hydrogen) atoms. The molecule has 6 rings (SSSR count). The monoisotopic (exact) mass is 593 g/mol. The average molecular weight is 595 g/mol. The van der Waals surface area contributed by atoms with Gasteiger partial charge in [-0.15, -0.1) is 0 Å². The molecule has 2 aliphatic heterocycles. The molecule has 0 radical (unpaired) electrons. The number of hydrogen-bond acceptors (Lipinski definition) is 7. The number of nitro groups is 1. The highest BCUT2D eigenvalue weighted by Gasteiger charge is 2.61. The fourth-order valence-electron chi connectivity index (χ4n) is 4.82. The van der Waals surface area contributed by atoms with Gasteiger partial charge in [0.15, 0.2) is 6.10 Å². The van der Waals surface area contributed by atoms with E-state index in [9.17, 15) is 19.7 Å². The Morgan fingerprint density at radius 1 is 0.895 bits per heavy atom. The van der Waals surface area contributed by atoms with Gasteiger partial charge in [-0.1, -0.05) is 45.7 Å². The van der Waals surface area contributed by atoms with Gasteiger partial charge in [0.25, 0.3) is 11.6 Å². The van der Waals surface area contributed by atoms with Crippen LogP contribution in [0.4, 0.5) is 17.1 Å². The number of para-hydroxylation sites is 1. The van der Waals surface area contributed by atoms with Crippen LogP contribution in [-0.2, 0) is 14.4 Å². The molecule has 1 aromatic heterocycles. The van der Waals surface area contributed by atoms with Crippen LogP contribution in [-0.4, -0.2) is 22.8 Å². The van der Waals surface area contributed by atoms with Crippen LogP contribution >= 0.6 is 27.5 Å². The molecule has 2 saturated heterocycles. The van der Waals surface area contributed by atoms with Gasteiger partial charge < -0.3 is 4.42 Å². The summed E-state index contributed by atoms with van der Waals surface area (Å²) >= 11 is 9.69. The fraction of sp³-hybridized carbons (Fsp3) is 0.111. The van der Waals surface area contributed by atoms with Crippen LogP contribution < -0.4 is 9.96 Å². The van der Waals surface area contributed by atoms with Crippen molar-refractivity contribution in [2.45, 2.75) is 12.1 Å². The molecule has 0 N–H and O–H groups in total. The second-order valence-corrected chi connectivity index (χ2v) is 10.1. The van der Waals surface area contributed by atoms with Gasteiger partial charge in [-0.3, -0.25) is 24.5 Å². The van der Waals surface area contributed by atoms with Gasteiger partial charge in [0.2, 0.25) is 5.91 Å². The Morgan fingerprint density at radius 2 is 1.63 bits per heavy atom. The normalized spacial score (nSPS) is 20.7. The summed E-state index contributed by atoms with van der Waals surface area (Å²) in [5.41, 5.74) is 1.41. The van der Waals surface area contributed by atoms with Gasteiger partial charge in [-0.2, -0.15) is 0 Å². The maximum atomic E-state index is 13.7. The van der Waals surface area contributed by atoms with E-state index in [1.165, 1.54) is 23.3 Å². The molecule has 2 fully saturated rings. The summed E-state index contributed by atoms with van der Waals surface area (Å²) in [6.07, 6.45) is -1.05. The number of carbonyl (C=O) groups excluding carboxylic acids is 2. The van der Waals surface area contributed by atoms with Gasteiger partial charge >= 0.3 is 0 Å². The zero-order chi connectivity index (χ0) is 26.6. The number of anilines is 2. The third-order valence-corrected chi connectivity index (χ3v) is 7.40. The molecule has 9 nitrogen and oxygen atoms in total. The van der Waals surface area contributed by atoms with E-state index in [0.29, 0.717) is 28.5 Å². The molecule has 2 aliphatic rings. The number of nitro benzene ring substituents is 1. The largest absolute Gasteiger partial charge is 0.459 e. The molecular weight excluding hydrogens is 578 g/mol. The molecule has 0 saturated carbocycles. The molecule has 3 heterocycles. The van der Waals surface area contributed by atoms with Crippen molar-refractivity contribution in [2.24, 2.45) is 5.92 Å². The lowest BCUT2D eigenvalue weighted by atomic mass is 9.94. The summed E-state index contributed by atoms with van der Waals surface area (Å²) in [4.78, 5) is 45.0. The number of non-ortho nitro benzene ring substituents is 1. The third-order valence-electron chi connectivity index (χ3n) is 6.56. The number of hydrogen-bond donors (Lipinski definition) is 0. The van der Waals surface area contributed by atoms with Gasteiger partial charge in [0.05, 0.1) is 21.3 Å². The number of furan rings is 1. The van der Waals surface area contributed by atoms with E-state index in [-0.39, 0.29) is 10.7 Å². The molecule has 0 unspecified atom stereocenters. The van der Waals surface area contributed by atoms with Crippen molar-refractivity contribution < 1.29 is 23.8 Å². The number of halogens is 2. The molecular formula is C27H17BrClN3O6. The molecule has 3 aromatic carbocycles. The van der Waals surface area contributed by atoms with Crippen LogP contribution in [0.1, 0.15) is 11.8 Å². The summed E-state index contributed by atoms with van der Waals surface area (Å²) in [6, 6.07) is 22.7. The number of rotatable bonds is 5. The zero-order valence-electron chi connectivity index (χ0n) is 19.4. The maximum absolute atomic E-state index is 13.7. The minimum Gasteiger partial charge on any atom is -0.459 e. The highest BCUT2D eigenvalue weighted by atomic mass is 79.9. The number of fused-ring (bicyclic) bond motifs is 1. The van der Waals surface area contributed by atoms with Crippen LogP contribution in [0.5, 0.6) is 0 Å². The van der Waals surface area contributed by atoms with Gasteiger partial charge in [-0.25, -0.2) is 9.96 Å². The number of hydroxylamine groups is 1. The van der Waals surface area contributed by atoms with Crippen molar-refractivity contribution in [2.75, 3.05) is 9.96 Å². The Labute approximate surface area is 229 Å². The summed E-state index contributed by atoms with van der Waals surface area (Å²) in [7, 11) is 0. The Hall–Kier alpha value is -3.99. The molecule has 0 aliphatic carbocycles. The predicted octanol–water partition coefficient (Wildman–Crippen LogP) is 6.32. The summed E-state index contributed by atoms with van der Waals surface area (Å²) in [5, 5.41) is 12.8. The van der Waals surface area contributed by atoms with Crippen molar-refractivity contribution >= 4 is 56.4 Å². The van der Waals surface area contributed by atoms with Crippen LogP contribution in [0.25, 0.3) is 11.3 Å². The fourth-order valence-corrected chi connectivity index (χ4v) is 5.35. The number of amides is 2. The Morgan fingerprint density at radius 3 is 2.32 bits per heavy atom. The first-order valence-electron chi connectivity index (χ1n) is 11.5. The van der Waals surface area contributed by atoms with Gasteiger partial charge in [-0.05, 0) is 54.6 Å². The minimum absolute atomic E-state index is 0.143. The van der Waals surface area contributed by atoms with Gasteiger partial charge in [0, 0.05) is 22.2 Å². The number of nitrogens with zero attached hydrogens (tertiary/aromatic N) is 3. The van der Waals surface area contributed by atoms with Crippen LogP contribution in [0, 0.1) is 16.0 Å². The van der Waals surface area contributed by atoms with E-state index in [1.54, 1.807) is 36.4 Å². The van der Waals surface area contributed by atoms with E-state index in [1.807, 2.05) is 30.3 Å². The molecule has 4 aromatic rings. The number of benzene rings is 3. The van der Waals surface area contributed by atoms with Crippen molar-refractivity contribution in [3.8, 4) is 11.3 Å². The third kappa shape index (κ3) is 3.97. The van der Waals surface area contributed by atoms with Crippen molar-refractivity contribution in [1.29, 1.82) is 0 Å². The second kappa shape index (κ2) is 9.39. The van der Waals surface area contributed by atoms with Crippen molar-refractivity contribution in [1.82, 2.24) is 0 Å². The molecule has 3 atom stereocenters. The smallest absolute Gasteiger partial charge is 0.270 e. The molecule has 190 valence electrons. The number of carbonyl (C=O) groups is 2. The second-order valence-electron chi connectivity index (χ2n) is 8.77. The van der Waals surface area contributed by atoms with Crippen LogP contribution in [0.15, 0.2) is 93.8 Å². The van der Waals surface area contributed by atoms with E-state index in [4.69, 9.17) is 20.9 Å². The predicted molar refractivity (Wildman–Crippen MR) is 142 cm³/mol. The quantitative estimate of drug-likeness (QED) is 0.151. The Balaban J connectivity index is 1.41. The first kappa shape index (κ1) is 24.4. The topological polar surface area (TPSA) is 106 Å². The Bertz CT molecular complexity index is 1580. The first-order chi connectivity index (χ1) is 18.3. The zero-order valence-corrected chi connectivity index (χ0v) is 21.7. The van der Waals surface area contributed by atoms with E-state index >= 15 is 0 Å². The van der Waals surface area contributed by atoms with Crippen LogP contribution in [0.3, 0.4) is 0 Å². The van der Waals surface area contributed by atoms with E-state index in [0.717, 1.165) is 9.37 Å². The highest BCUT2D eigenvalue weighted by molar-refractivity contribution is 9.10. The molecule has 11 heteroatoms. The highest BCUT2D eigenvalue weighted by Crippen LogP contribution is 2.48. The SMILES string of the molecule is O=C1[C@@H]2[C@@H](c3ccc(-c4ccc([N+](=O)[O-])cc4Cl)o3)N(c3ccccc3)O[C@H]2C(=O)N1c1ccc(Br)cc1. The molecule has 0 bridgehead atoms. The average Bonchev–Trinajstić information content (AvgIpc) is 3.60. The number of imide groups is 1. The first-order valence-corrected chi connectivity index (χ1v) is 12.7. The Kier molecular flexibility index (Phi) is 6.02. The lowest BCUT2D eigenvalue weighted by Crippen LogP contribution is -2.37. The van der Waals surface area contributed by atoms with Crippen LogP contribution in [0.2, 0.25) is 5.02 Å². The lowest BCUT2D eigenvalue weighted by Gasteiger charge is -2.27. The van der Waals surface area contributed by atoms with Crippen molar-refractivity contribution in [3.05, 3.63) is 110 Å². The molecule has 0 spiro atoms. The summed E-state index contributed by atoms with van der Waals surface area (Å²) in [5.74, 6) is -1.01. The molecule has 2 amide bonds. The minimum atomic E-state index is -1.05. The van der Waals surface area contributed by atoms with E-state index < -0.39 is 34.8 Å². The van der Waals surface area contributed by atoms with E-state index in [2.05, 4.69) is 15.9 Å². The lowest BCUT2D eigenvalue weighted by molar-refractivity contribution is -0.384. The summed E-state index contributed by atoms with van der Waals surface area (Å²) in [6.45, 7) is 0. The summed E-state index contributed by atoms with van der Waals surface area (Å²) < 4.78 is 6.99. The maximum Gasteiger partial charge on any atom is 0.270 e. The van der Waals surface area contributed by atoms with Gasteiger partial charge in [0.1, 0.15) is 23.5 Å².